The van der Waals surface area contributed by atoms with E-state index in [9.17, 15) is 13.2 Å². The van der Waals surface area contributed by atoms with E-state index >= 15 is 0 Å². The summed E-state index contributed by atoms with van der Waals surface area (Å²) < 4.78 is 41.4. The summed E-state index contributed by atoms with van der Waals surface area (Å²) in [4.78, 5) is 4.53. The average Bonchev–Trinajstić information content (AvgIpc) is 3.18. The summed E-state index contributed by atoms with van der Waals surface area (Å²) in [5, 5.41) is 3.96. The Morgan fingerprint density at radius 3 is 2.20 bits per heavy atom. The summed E-state index contributed by atoms with van der Waals surface area (Å²) >= 11 is 0. The quantitative estimate of drug-likeness (QED) is 0.540. The van der Waals surface area contributed by atoms with Crippen molar-refractivity contribution in [2.45, 2.75) is 6.18 Å². The number of hydrogen-bond acceptors (Lipinski definition) is 2. The second-order valence-electron chi connectivity index (χ2n) is 5.71. The molecule has 0 N–H and O–H groups in total. The van der Waals surface area contributed by atoms with E-state index in [1.807, 2.05) is 47.1 Å². The molecule has 0 saturated carbocycles. The molecule has 0 amide bonds. The van der Waals surface area contributed by atoms with Crippen LogP contribution < -0.4 is 0 Å². The van der Waals surface area contributed by atoms with Crippen LogP contribution in [-0.2, 0) is 13.2 Å². The Hall–Kier alpha value is -3.09. The van der Waals surface area contributed by atoms with Crippen LogP contribution in [0.15, 0.2) is 60.9 Å². The Morgan fingerprint density at radius 1 is 0.920 bits per heavy atom. The van der Waals surface area contributed by atoms with E-state index in [-0.39, 0.29) is 5.69 Å². The van der Waals surface area contributed by atoms with Gasteiger partial charge in [-0.15, -0.1) is 0 Å². The zero-order chi connectivity index (χ0) is 17.6. The molecule has 0 spiro atoms. The molecule has 3 aromatic heterocycles. The number of hydrogen-bond donors (Lipinski definition) is 0. The van der Waals surface area contributed by atoms with Crippen LogP contribution >= 0.6 is 0 Å². The fourth-order valence-corrected chi connectivity index (χ4v) is 2.76. The molecule has 126 valence electrons. The molecule has 0 fully saturated rings. The van der Waals surface area contributed by atoms with E-state index in [0.717, 1.165) is 27.7 Å². The van der Waals surface area contributed by atoms with Crippen molar-refractivity contribution in [3.8, 4) is 22.5 Å². The molecule has 4 aromatic rings. The summed E-state index contributed by atoms with van der Waals surface area (Å²) in [6, 6.07) is 14.0. The lowest BCUT2D eigenvalue weighted by atomic mass is 10.1. The second kappa shape index (κ2) is 5.47. The number of aromatic nitrogens is 4. The number of rotatable bonds is 2. The topological polar surface area (TPSA) is 35.1 Å². The van der Waals surface area contributed by atoms with Crippen LogP contribution in [0.4, 0.5) is 13.2 Å². The molecule has 0 atom stereocenters. The highest BCUT2D eigenvalue weighted by Gasteiger charge is 2.35. The maximum absolute atomic E-state index is 12.9. The number of aryl methyl sites for hydroxylation is 1. The molecule has 0 bridgehead atoms. The van der Waals surface area contributed by atoms with Crippen LogP contribution in [0, 0.1) is 0 Å². The van der Waals surface area contributed by atoms with Crippen LogP contribution in [-0.4, -0.2) is 19.2 Å². The van der Waals surface area contributed by atoms with Gasteiger partial charge in [-0.2, -0.15) is 18.3 Å². The van der Waals surface area contributed by atoms with Crippen molar-refractivity contribution in [3.05, 3.63) is 66.6 Å². The number of fused-ring (bicyclic) bond motifs is 1. The summed E-state index contributed by atoms with van der Waals surface area (Å²) in [5.74, 6) is 0. The monoisotopic (exact) mass is 342 g/mol. The maximum Gasteiger partial charge on any atom is 0.433 e. The molecule has 4 nitrogen and oxygen atoms in total. The molecule has 0 unspecified atom stereocenters. The van der Waals surface area contributed by atoms with E-state index in [0.29, 0.717) is 5.56 Å². The van der Waals surface area contributed by atoms with Crippen molar-refractivity contribution in [3.63, 3.8) is 0 Å². The van der Waals surface area contributed by atoms with Crippen molar-refractivity contribution in [2.75, 3.05) is 0 Å². The van der Waals surface area contributed by atoms with E-state index in [1.165, 1.54) is 7.05 Å². The Kier molecular flexibility index (Phi) is 3.38. The first-order valence-electron chi connectivity index (χ1n) is 7.57. The van der Waals surface area contributed by atoms with Gasteiger partial charge in [0.1, 0.15) is 11.3 Å². The third kappa shape index (κ3) is 2.77. The summed E-state index contributed by atoms with van der Waals surface area (Å²) in [5.41, 5.74) is 2.66. The van der Waals surface area contributed by atoms with E-state index in [1.54, 1.807) is 12.1 Å². The van der Waals surface area contributed by atoms with Gasteiger partial charge < -0.3 is 4.40 Å². The zero-order valence-electron chi connectivity index (χ0n) is 13.2. The molecular formula is C18H13F3N4. The van der Waals surface area contributed by atoms with Crippen molar-refractivity contribution < 1.29 is 13.2 Å². The molecule has 0 aliphatic carbocycles. The fraction of sp³-hybridized carbons (Fsp3) is 0.111. The predicted molar refractivity (Wildman–Crippen MR) is 87.8 cm³/mol. The molecule has 0 aliphatic rings. The predicted octanol–water partition coefficient (Wildman–Crippen LogP) is 4.42. The minimum absolute atomic E-state index is 0.288. The first kappa shape index (κ1) is 15.4. The molecule has 1 aromatic carbocycles. The third-order valence-electron chi connectivity index (χ3n) is 4.01. The first-order chi connectivity index (χ1) is 11.9. The molecule has 25 heavy (non-hydrogen) atoms. The van der Waals surface area contributed by atoms with Gasteiger partial charge in [-0.25, -0.2) is 4.98 Å². The molecule has 0 saturated heterocycles. The van der Waals surface area contributed by atoms with E-state index in [4.69, 9.17) is 0 Å². The average molecular weight is 342 g/mol. The van der Waals surface area contributed by atoms with Gasteiger partial charge in [0.2, 0.25) is 0 Å². The van der Waals surface area contributed by atoms with Crippen LogP contribution in [0.2, 0.25) is 0 Å². The van der Waals surface area contributed by atoms with E-state index in [2.05, 4.69) is 10.1 Å². The number of pyridine rings is 1. The fourth-order valence-electron chi connectivity index (χ4n) is 2.76. The molecule has 0 radical (unpaired) electrons. The van der Waals surface area contributed by atoms with Crippen LogP contribution in [0.3, 0.4) is 0 Å². The van der Waals surface area contributed by atoms with Gasteiger partial charge in [0.05, 0.1) is 11.4 Å². The van der Waals surface area contributed by atoms with Crippen molar-refractivity contribution >= 4 is 5.65 Å². The zero-order valence-corrected chi connectivity index (χ0v) is 13.2. The Morgan fingerprint density at radius 2 is 1.60 bits per heavy atom. The lowest BCUT2D eigenvalue weighted by Gasteiger charge is -2.04. The SMILES string of the molecule is Cn1nc(-c2ccc(-c3cn4ccccc4n3)cc2)cc1C(F)(F)F. The molecular weight excluding hydrogens is 329 g/mol. The molecule has 4 rings (SSSR count). The first-order valence-corrected chi connectivity index (χ1v) is 7.57. The van der Waals surface area contributed by atoms with Crippen molar-refractivity contribution in [1.29, 1.82) is 0 Å². The standard InChI is InChI=1S/C18H13F3N4/c1-24-16(18(19,20)21)10-14(23-24)12-5-7-13(8-6-12)15-11-25-9-3-2-4-17(25)22-15/h2-11H,1H3. The largest absolute Gasteiger partial charge is 0.433 e. The highest BCUT2D eigenvalue weighted by atomic mass is 19.4. The lowest BCUT2D eigenvalue weighted by molar-refractivity contribution is -0.143. The Bertz CT molecular complexity index is 1010. The minimum atomic E-state index is -4.42. The Balaban J connectivity index is 1.68. The van der Waals surface area contributed by atoms with Crippen LogP contribution in [0.5, 0.6) is 0 Å². The maximum atomic E-state index is 12.9. The number of halogens is 3. The number of imidazole rings is 1. The number of alkyl halides is 3. The molecule has 3 heterocycles. The van der Waals surface area contributed by atoms with Gasteiger partial charge in [-0.1, -0.05) is 30.3 Å². The highest BCUT2D eigenvalue weighted by molar-refractivity contribution is 5.68. The van der Waals surface area contributed by atoms with Crippen molar-refractivity contribution in [2.24, 2.45) is 7.05 Å². The highest BCUT2D eigenvalue weighted by Crippen LogP contribution is 2.32. The smallest absolute Gasteiger partial charge is 0.306 e. The molecule has 0 aliphatic heterocycles. The second-order valence-corrected chi connectivity index (χ2v) is 5.71. The van der Waals surface area contributed by atoms with Gasteiger partial charge in [0.15, 0.2) is 0 Å². The Labute approximate surface area is 141 Å². The van der Waals surface area contributed by atoms with Gasteiger partial charge in [0, 0.05) is 30.6 Å². The van der Waals surface area contributed by atoms with E-state index < -0.39 is 11.9 Å². The van der Waals surface area contributed by atoms with Gasteiger partial charge in [-0.05, 0) is 18.2 Å². The van der Waals surface area contributed by atoms with Crippen LogP contribution in [0.25, 0.3) is 28.2 Å². The summed E-state index contributed by atoms with van der Waals surface area (Å²) in [6.07, 6.45) is -0.601. The number of benzene rings is 1. The summed E-state index contributed by atoms with van der Waals surface area (Å²) in [6.45, 7) is 0. The number of nitrogens with zero attached hydrogens (tertiary/aromatic N) is 4. The third-order valence-corrected chi connectivity index (χ3v) is 4.01. The normalized spacial score (nSPS) is 12.0. The van der Waals surface area contributed by atoms with Gasteiger partial charge in [0.25, 0.3) is 0 Å². The minimum Gasteiger partial charge on any atom is -0.306 e. The summed E-state index contributed by atoms with van der Waals surface area (Å²) in [7, 11) is 1.29. The van der Waals surface area contributed by atoms with Gasteiger partial charge >= 0.3 is 6.18 Å². The lowest BCUT2D eigenvalue weighted by Crippen LogP contribution is -2.11. The molecule has 7 heteroatoms. The van der Waals surface area contributed by atoms with Crippen LogP contribution in [0.1, 0.15) is 5.69 Å². The van der Waals surface area contributed by atoms with Gasteiger partial charge in [-0.3, -0.25) is 4.68 Å². The van der Waals surface area contributed by atoms with Crippen molar-refractivity contribution in [1.82, 2.24) is 19.2 Å².